The van der Waals surface area contributed by atoms with Crippen LogP contribution in [0.2, 0.25) is 0 Å². The minimum absolute atomic E-state index is 0.261. The van der Waals surface area contributed by atoms with E-state index in [1.807, 2.05) is 45.2 Å². The van der Waals surface area contributed by atoms with Crippen molar-refractivity contribution in [2.24, 2.45) is 0 Å². The summed E-state index contributed by atoms with van der Waals surface area (Å²) in [6.07, 6.45) is 1.49. The summed E-state index contributed by atoms with van der Waals surface area (Å²) >= 11 is 0. The third kappa shape index (κ3) is 5.31. The Labute approximate surface area is 121 Å². The Balaban J connectivity index is 2.59. The Morgan fingerprint density at radius 2 is 2.00 bits per heavy atom. The normalized spacial score (nSPS) is 11.4. The first kappa shape index (κ1) is 16.7. The van der Waals surface area contributed by atoms with Gasteiger partial charge in [-0.05, 0) is 45.5 Å². The van der Waals surface area contributed by atoms with Gasteiger partial charge in [0.1, 0.15) is 0 Å². The molecule has 1 N–H and O–H groups in total. The van der Waals surface area contributed by atoms with Gasteiger partial charge in [-0.15, -0.1) is 0 Å². The van der Waals surface area contributed by atoms with Crippen molar-refractivity contribution in [3.63, 3.8) is 0 Å². The second-order valence-electron chi connectivity index (χ2n) is 5.36. The molecular formula is C16H25NO3. The lowest BCUT2D eigenvalue weighted by molar-refractivity contribution is -0.00566. The summed E-state index contributed by atoms with van der Waals surface area (Å²) < 4.78 is 10.6. The molecule has 4 nitrogen and oxygen atoms in total. The lowest BCUT2D eigenvalue weighted by Crippen LogP contribution is -2.25. The van der Waals surface area contributed by atoms with Crippen LogP contribution < -0.4 is 5.32 Å². The second-order valence-corrected chi connectivity index (χ2v) is 5.36. The number of hydrogen-bond donors (Lipinski definition) is 1. The predicted octanol–water partition coefficient (Wildman–Crippen LogP) is 2.42. The van der Waals surface area contributed by atoms with E-state index < -0.39 is 0 Å². The SMILES string of the molecule is CNCCc1ccccc1C(=O)OCCC(C)(C)OC. The van der Waals surface area contributed by atoms with E-state index in [1.165, 1.54) is 0 Å². The number of methoxy groups -OCH3 is 1. The van der Waals surface area contributed by atoms with Gasteiger partial charge in [0.25, 0.3) is 0 Å². The van der Waals surface area contributed by atoms with Crippen molar-refractivity contribution in [3.05, 3.63) is 35.4 Å². The minimum atomic E-state index is -0.272. The molecule has 0 amide bonds. The molecule has 0 aliphatic rings. The van der Waals surface area contributed by atoms with Gasteiger partial charge in [0.15, 0.2) is 0 Å². The zero-order chi connectivity index (χ0) is 15.0. The molecule has 0 saturated heterocycles. The molecule has 20 heavy (non-hydrogen) atoms. The van der Waals surface area contributed by atoms with E-state index in [1.54, 1.807) is 7.11 Å². The predicted molar refractivity (Wildman–Crippen MR) is 80.1 cm³/mol. The van der Waals surface area contributed by atoms with Crippen LogP contribution in [0, 0.1) is 0 Å². The van der Waals surface area contributed by atoms with Gasteiger partial charge in [-0.1, -0.05) is 18.2 Å². The fraction of sp³-hybridized carbons (Fsp3) is 0.562. The fourth-order valence-corrected chi connectivity index (χ4v) is 1.77. The maximum absolute atomic E-state index is 12.1. The number of nitrogens with one attached hydrogen (secondary N) is 1. The topological polar surface area (TPSA) is 47.6 Å². The molecule has 0 heterocycles. The highest BCUT2D eigenvalue weighted by Gasteiger charge is 2.18. The molecule has 0 fully saturated rings. The highest BCUT2D eigenvalue weighted by molar-refractivity contribution is 5.91. The summed E-state index contributed by atoms with van der Waals surface area (Å²) in [5, 5.41) is 3.08. The van der Waals surface area contributed by atoms with Crippen molar-refractivity contribution in [1.29, 1.82) is 0 Å². The molecule has 4 heteroatoms. The quantitative estimate of drug-likeness (QED) is 0.742. The van der Waals surface area contributed by atoms with Crippen LogP contribution in [0.1, 0.15) is 36.2 Å². The molecule has 0 spiro atoms. The minimum Gasteiger partial charge on any atom is -0.462 e. The maximum Gasteiger partial charge on any atom is 0.338 e. The molecule has 0 bridgehead atoms. The smallest absolute Gasteiger partial charge is 0.338 e. The molecule has 0 aliphatic heterocycles. The first-order chi connectivity index (χ1) is 9.50. The monoisotopic (exact) mass is 279 g/mol. The van der Waals surface area contributed by atoms with Crippen LogP contribution in [0.3, 0.4) is 0 Å². The van der Waals surface area contributed by atoms with E-state index in [0.29, 0.717) is 18.6 Å². The maximum atomic E-state index is 12.1. The van der Waals surface area contributed by atoms with Crippen molar-refractivity contribution in [1.82, 2.24) is 5.32 Å². The van der Waals surface area contributed by atoms with Crippen LogP contribution in [0.4, 0.5) is 0 Å². The number of likely N-dealkylation sites (N-methyl/N-ethyl adjacent to an activating group) is 1. The first-order valence-corrected chi connectivity index (χ1v) is 6.95. The summed E-state index contributed by atoms with van der Waals surface area (Å²) in [7, 11) is 3.56. The Hall–Kier alpha value is -1.39. The Morgan fingerprint density at radius 3 is 2.65 bits per heavy atom. The number of ether oxygens (including phenoxy) is 2. The highest BCUT2D eigenvalue weighted by atomic mass is 16.5. The summed E-state index contributed by atoms with van der Waals surface area (Å²) in [6, 6.07) is 7.58. The number of esters is 1. The Bertz CT molecular complexity index is 429. The number of carbonyl (C=O) groups excluding carboxylic acids is 1. The molecule has 0 aromatic heterocycles. The summed E-state index contributed by atoms with van der Waals surface area (Å²) in [4.78, 5) is 12.1. The van der Waals surface area contributed by atoms with Gasteiger partial charge in [0, 0.05) is 13.5 Å². The van der Waals surface area contributed by atoms with Crippen molar-refractivity contribution in [2.75, 3.05) is 27.3 Å². The third-order valence-electron chi connectivity index (χ3n) is 3.37. The van der Waals surface area contributed by atoms with Gasteiger partial charge in [-0.2, -0.15) is 0 Å². The van der Waals surface area contributed by atoms with Crippen LogP contribution in [-0.2, 0) is 15.9 Å². The number of hydrogen-bond acceptors (Lipinski definition) is 4. The molecule has 1 aromatic rings. The van der Waals surface area contributed by atoms with Crippen LogP contribution in [0.25, 0.3) is 0 Å². The van der Waals surface area contributed by atoms with E-state index in [9.17, 15) is 4.79 Å². The van der Waals surface area contributed by atoms with E-state index in [0.717, 1.165) is 18.5 Å². The number of carbonyl (C=O) groups is 1. The zero-order valence-electron chi connectivity index (χ0n) is 12.9. The second kappa shape index (κ2) is 8.02. The van der Waals surface area contributed by atoms with Crippen molar-refractivity contribution < 1.29 is 14.3 Å². The molecule has 1 aromatic carbocycles. The summed E-state index contributed by atoms with van der Waals surface area (Å²) in [5.41, 5.74) is 1.39. The molecule has 0 unspecified atom stereocenters. The standard InChI is InChI=1S/C16H25NO3/c1-16(2,19-4)10-12-20-15(18)14-8-6-5-7-13(14)9-11-17-3/h5-8,17H,9-12H2,1-4H3. The van der Waals surface area contributed by atoms with E-state index in [-0.39, 0.29) is 11.6 Å². The van der Waals surface area contributed by atoms with Gasteiger partial charge >= 0.3 is 5.97 Å². The van der Waals surface area contributed by atoms with Gasteiger partial charge in [-0.25, -0.2) is 4.79 Å². The lowest BCUT2D eigenvalue weighted by Gasteiger charge is -2.22. The van der Waals surface area contributed by atoms with E-state index in [4.69, 9.17) is 9.47 Å². The number of benzene rings is 1. The van der Waals surface area contributed by atoms with Crippen molar-refractivity contribution in [3.8, 4) is 0 Å². The van der Waals surface area contributed by atoms with Crippen LogP contribution in [0.5, 0.6) is 0 Å². The van der Waals surface area contributed by atoms with Crippen LogP contribution in [0.15, 0.2) is 24.3 Å². The third-order valence-corrected chi connectivity index (χ3v) is 3.37. The fourth-order valence-electron chi connectivity index (χ4n) is 1.77. The highest BCUT2D eigenvalue weighted by Crippen LogP contribution is 2.15. The summed E-state index contributed by atoms with van der Waals surface area (Å²) in [5.74, 6) is -0.261. The largest absolute Gasteiger partial charge is 0.462 e. The van der Waals surface area contributed by atoms with Gasteiger partial charge in [-0.3, -0.25) is 0 Å². The molecule has 1 rings (SSSR count). The van der Waals surface area contributed by atoms with Gasteiger partial charge in [0.05, 0.1) is 17.8 Å². The molecule has 0 aliphatic carbocycles. The molecule has 112 valence electrons. The number of rotatable bonds is 8. The van der Waals surface area contributed by atoms with E-state index >= 15 is 0 Å². The van der Waals surface area contributed by atoms with Crippen molar-refractivity contribution >= 4 is 5.97 Å². The zero-order valence-corrected chi connectivity index (χ0v) is 12.9. The molecule has 0 saturated carbocycles. The molecular weight excluding hydrogens is 254 g/mol. The Kier molecular flexibility index (Phi) is 6.68. The summed E-state index contributed by atoms with van der Waals surface area (Å²) in [6.45, 7) is 5.14. The van der Waals surface area contributed by atoms with Crippen molar-refractivity contribution in [2.45, 2.75) is 32.3 Å². The molecule has 0 atom stereocenters. The van der Waals surface area contributed by atoms with Gasteiger partial charge < -0.3 is 14.8 Å². The Morgan fingerprint density at radius 1 is 1.30 bits per heavy atom. The average molecular weight is 279 g/mol. The lowest BCUT2D eigenvalue weighted by atomic mass is 10.0. The molecule has 0 radical (unpaired) electrons. The van der Waals surface area contributed by atoms with Crippen LogP contribution in [-0.4, -0.2) is 38.9 Å². The van der Waals surface area contributed by atoms with E-state index in [2.05, 4.69) is 5.32 Å². The van der Waals surface area contributed by atoms with Crippen LogP contribution >= 0.6 is 0 Å². The first-order valence-electron chi connectivity index (χ1n) is 6.95. The van der Waals surface area contributed by atoms with Gasteiger partial charge in [0.2, 0.25) is 0 Å². The average Bonchev–Trinajstić information content (AvgIpc) is 2.45.